The van der Waals surface area contributed by atoms with Crippen LogP contribution in [-0.2, 0) is 19.1 Å². The van der Waals surface area contributed by atoms with Gasteiger partial charge >= 0.3 is 5.97 Å². The Hall–Kier alpha value is -1.10. The Labute approximate surface area is 95.5 Å². The van der Waals surface area contributed by atoms with Crippen molar-refractivity contribution in [1.82, 2.24) is 5.32 Å². The van der Waals surface area contributed by atoms with Gasteiger partial charge in [-0.25, -0.2) is 0 Å². The zero-order chi connectivity index (χ0) is 12.1. The summed E-state index contributed by atoms with van der Waals surface area (Å²) >= 11 is 0. The molecule has 1 N–H and O–H groups in total. The number of hydrogen-bond donors (Lipinski definition) is 1. The third kappa shape index (κ3) is 4.18. The van der Waals surface area contributed by atoms with Gasteiger partial charge in [-0.15, -0.1) is 0 Å². The Morgan fingerprint density at radius 1 is 1.44 bits per heavy atom. The van der Waals surface area contributed by atoms with Gasteiger partial charge in [-0.05, 0) is 12.3 Å². The molecule has 1 aliphatic heterocycles. The molecule has 0 bridgehead atoms. The predicted molar refractivity (Wildman–Crippen MR) is 57.8 cm³/mol. The molecule has 0 aromatic heterocycles. The molecule has 0 aromatic rings. The highest BCUT2D eigenvalue weighted by Gasteiger charge is 2.29. The molecule has 5 nitrogen and oxygen atoms in total. The smallest absolute Gasteiger partial charge is 0.302 e. The Balaban J connectivity index is 2.33. The number of esters is 1. The molecule has 0 aromatic carbocycles. The molecule has 1 amide bonds. The molecular formula is C11H19NO4. The Morgan fingerprint density at radius 2 is 2.12 bits per heavy atom. The third-order valence-corrected chi connectivity index (χ3v) is 2.69. The van der Waals surface area contributed by atoms with E-state index in [1.165, 1.54) is 13.8 Å². The number of rotatable bonds is 3. The number of ether oxygens (including phenoxy) is 2. The second-order valence-electron chi connectivity index (χ2n) is 4.28. The highest BCUT2D eigenvalue weighted by molar-refractivity contribution is 5.73. The van der Waals surface area contributed by atoms with E-state index in [4.69, 9.17) is 9.47 Å². The normalized spacial score (nSPS) is 29.6. The van der Waals surface area contributed by atoms with Crippen LogP contribution in [0.4, 0.5) is 0 Å². The van der Waals surface area contributed by atoms with E-state index in [1.54, 1.807) is 0 Å². The van der Waals surface area contributed by atoms with Gasteiger partial charge in [0.05, 0.1) is 18.8 Å². The molecule has 1 fully saturated rings. The van der Waals surface area contributed by atoms with Crippen molar-refractivity contribution < 1.29 is 19.1 Å². The zero-order valence-electron chi connectivity index (χ0n) is 9.99. The predicted octanol–water partition coefficient (Wildman–Crippen LogP) is 0.479. The van der Waals surface area contributed by atoms with E-state index in [9.17, 15) is 9.59 Å². The van der Waals surface area contributed by atoms with Crippen molar-refractivity contribution in [3.63, 3.8) is 0 Å². The largest absolute Gasteiger partial charge is 0.463 e. The topological polar surface area (TPSA) is 64.6 Å². The molecule has 3 unspecified atom stereocenters. The van der Waals surface area contributed by atoms with Crippen LogP contribution in [-0.4, -0.2) is 37.2 Å². The molecule has 0 radical (unpaired) electrons. The van der Waals surface area contributed by atoms with E-state index in [-0.39, 0.29) is 24.0 Å². The summed E-state index contributed by atoms with van der Waals surface area (Å²) < 4.78 is 10.4. The monoisotopic (exact) mass is 229 g/mol. The van der Waals surface area contributed by atoms with Crippen molar-refractivity contribution in [1.29, 1.82) is 0 Å². The van der Waals surface area contributed by atoms with Gasteiger partial charge in [-0.2, -0.15) is 0 Å². The van der Waals surface area contributed by atoms with E-state index in [2.05, 4.69) is 12.2 Å². The van der Waals surface area contributed by atoms with Crippen LogP contribution in [0.5, 0.6) is 0 Å². The second-order valence-corrected chi connectivity index (χ2v) is 4.28. The number of hydrogen-bond acceptors (Lipinski definition) is 4. The molecule has 1 saturated heterocycles. The average Bonchev–Trinajstić information content (AvgIpc) is 2.18. The molecule has 3 atom stereocenters. The van der Waals surface area contributed by atoms with Crippen LogP contribution >= 0.6 is 0 Å². The molecule has 1 aliphatic rings. The highest BCUT2D eigenvalue weighted by Crippen LogP contribution is 2.20. The summed E-state index contributed by atoms with van der Waals surface area (Å²) in [6.07, 6.45) is 0.738. The Kier molecular flexibility index (Phi) is 4.73. The molecule has 92 valence electrons. The summed E-state index contributed by atoms with van der Waals surface area (Å²) in [5, 5.41) is 2.85. The summed E-state index contributed by atoms with van der Waals surface area (Å²) in [6, 6.07) is 0.0612. The summed E-state index contributed by atoms with van der Waals surface area (Å²) in [5.41, 5.74) is 0. The van der Waals surface area contributed by atoms with Gasteiger partial charge < -0.3 is 14.8 Å². The zero-order valence-corrected chi connectivity index (χ0v) is 9.99. The van der Waals surface area contributed by atoms with Gasteiger partial charge in [0.15, 0.2) is 0 Å². The Morgan fingerprint density at radius 3 is 2.62 bits per heavy atom. The van der Waals surface area contributed by atoms with E-state index in [1.807, 2.05) is 0 Å². The van der Waals surface area contributed by atoms with Crippen LogP contribution in [0.2, 0.25) is 0 Å². The van der Waals surface area contributed by atoms with Gasteiger partial charge in [0.25, 0.3) is 0 Å². The van der Waals surface area contributed by atoms with Crippen LogP contribution < -0.4 is 5.32 Å². The SMILES string of the molecule is CC(=O)NC1COC(COC(C)=O)CC1C. The van der Waals surface area contributed by atoms with Gasteiger partial charge in [-0.3, -0.25) is 9.59 Å². The van der Waals surface area contributed by atoms with Crippen molar-refractivity contribution in [2.45, 2.75) is 39.3 Å². The van der Waals surface area contributed by atoms with Crippen LogP contribution in [0.25, 0.3) is 0 Å². The lowest BCUT2D eigenvalue weighted by atomic mass is 9.93. The Bertz CT molecular complexity index is 267. The van der Waals surface area contributed by atoms with Gasteiger partial charge in [0.1, 0.15) is 6.61 Å². The van der Waals surface area contributed by atoms with E-state index in [0.29, 0.717) is 19.1 Å². The lowest BCUT2D eigenvalue weighted by molar-refractivity contribution is -0.148. The fourth-order valence-electron chi connectivity index (χ4n) is 1.82. The van der Waals surface area contributed by atoms with Crippen molar-refractivity contribution in [3.8, 4) is 0 Å². The lowest BCUT2D eigenvalue weighted by Gasteiger charge is -2.34. The second kappa shape index (κ2) is 5.84. The molecule has 16 heavy (non-hydrogen) atoms. The third-order valence-electron chi connectivity index (χ3n) is 2.69. The average molecular weight is 229 g/mol. The fourth-order valence-corrected chi connectivity index (χ4v) is 1.82. The minimum Gasteiger partial charge on any atom is -0.463 e. The number of nitrogens with one attached hydrogen (secondary N) is 1. The maximum Gasteiger partial charge on any atom is 0.302 e. The van der Waals surface area contributed by atoms with Crippen molar-refractivity contribution in [3.05, 3.63) is 0 Å². The first-order valence-corrected chi connectivity index (χ1v) is 5.51. The molecule has 5 heteroatoms. The van der Waals surface area contributed by atoms with E-state index >= 15 is 0 Å². The molecule has 1 heterocycles. The van der Waals surface area contributed by atoms with Crippen LogP contribution in [0.3, 0.4) is 0 Å². The lowest BCUT2D eigenvalue weighted by Crippen LogP contribution is -2.48. The standard InChI is InChI=1S/C11H19NO4/c1-7-4-10(5-15-9(3)14)16-6-11(7)12-8(2)13/h7,10-11H,4-6H2,1-3H3,(H,12,13). The minimum atomic E-state index is -0.291. The fraction of sp³-hybridized carbons (Fsp3) is 0.818. The van der Waals surface area contributed by atoms with Crippen molar-refractivity contribution >= 4 is 11.9 Å². The summed E-state index contributed by atoms with van der Waals surface area (Å²) in [4.78, 5) is 21.6. The van der Waals surface area contributed by atoms with Gasteiger partial charge in [-0.1, -0.05) is 6.92 Å². The molecule has 0 aliphatic carbocycles. The molecular weight excluding hydrogens is 210 g/mol. The highest BCUT2D eigenvalue weighted by atomic mass is 16.6. The van der Waals surface area contributed by atoms with E-state index < -0.39 is 0 Å². The minimum absolute atomic E-state index is 0.0427. The van der Waals surface area contributed by atoms with Crippen LogP contribution in [0.1, 0.15) is 27.2 Å². The van der Waals surface area contributed by atoms with Crippen molar-refractivity contribution in [2.75, 3.05) is 13.2 Å². The van der Waals surface area contributed by atoms with E-state index in [0.717, 1.165) is 6.42 Å². The maximum atomic E-state index is 10.9. The molecule has 1 rings (SSSR count). The number of amides is 1. The first-order chi connectivity index (χ1) is 7.49. The van der Waals surface area contributed by atoms with Crippen molar-refractivity contribution in [2.24, 2.45) is 5.92 Å². The first-order valence-electron chi connectivity index (χ1n) is 5.51. The van der Waals surface area contributed by atoms with Crippen LogP contribution in [0.15, 0.2) is 0 Å². The number of carbonyl (C=O) groups excluding carboxylic acids is 2. The number of carbonyl (C=O) groups is 2. The quantitative estimate of drug-likeness (QED) is 0.715. The maximum absolute atomic E-state index is 10.9. The van der Waals surface area contributed by atoms with Crippen LogP contribution in [0, 0.1) is 5.92 Å². The molecule has 0 spiro atoms. The molecule has 0 saturated carbocycles. The summed E-state index contributed by atoms with van der Waals surface area (Å²) in [5.74, 6) is -0.00247. The van der Waals surface area contributed by atoms with Gasteiger partial charge in [0, 0.05) is 13.8 Å². The first kappa shape index (κ1) is 13.0. The summed E-state index contributed by atoms with van der Waals surface area (Å²) in [7, 11) is 0. The van der Waals surface area contributed by atoms with Gasteiger partial charge in [0.2, 0.25) is 5.91 Å². The summed E-state index contributed by atoms with van der Waals surface area (Å²) in [6.45, 7) is 5.72.